The van der Waals surface area contributed by atoms with Gasteiger partial charge in [0, 0.05) is 26.3 Å². The van der Waals surface area contributed by atoms with Crippen molar-refractivity contribution in [3.05, 3.63) is 0 Å². The Balaban J connectivity index is 3.55. The molecule has 0 saturated carbocycles. The molecule has 3 N–H and O–H groups in total. The van der Waals surface area contributed by atoms with Crippen molar-refractivity contribution in [2.24, 2.45) is 5.92 Å². The van der Waals surface area contributed by atoms with E-state index in [1.54, 1.807) is 7.11 Å². The zero-order valence-corrected chi connectivity index (χ0v) is 10.5. The predicted molar refractivity (Wildman–Crippen MR) is 63.2 cm³/mol. The molecule has 0 saturated heterocycles. The molecule has 0 fully saturated rings. The van der Waals surface area contributed by atoms with Crippen molar-refractivity contribution in [1.29, 1.82) is 0 Å². The Morgan fingerprint density at radius 3 is 2.62 bits per heavy atom. The van der Waals surface area contributed by atoms with Gasteiger partial charge in [-0.05, 0) is 12.3 Å². The van der Waals surface area contributed by atoms with Gasteiger partial charge in [-0.3, -0.25) is 4.79 Å². The number of aliphatic hydroxyl groups is 1. The number of rotatable bonds is 9. The monoisotopic (exact) mass is 232 g/mol. The quantitative estimate of drug-likeness (QED) is 0.479. The summed E-state index contributed by atoms with van der Waals surface area (Å²) in [6, 6.07) is -0.0234. The molecule has 0 aromatic heterocycles. The summed E-state index contributed by atoms with van der Waals surface area (Å²) in [5.41, 5.74) is 0. The van der Waals surface area contributed by atoms with Crippen LogP contribution >= 0.6 is 0 Å². The Hall–Kier alpha value is -0.650. The topological polar surface area (TPSA) is 70.6 Å². The van der Waals surface area contributed by atoms with Gasteiger partial charge in [0.2, 0.25) is 5.91 Å². The van der Waals surface area contributed by atoms with Gasteiger partial charge in [0.25, 0.3) is 0 Å². The average molecular weight is 232 g/mol. The maximum Gasteiger partial charge on any atom is 0.233 e. The number of carbonyl (C=O) groups is 1. The number of methoxy groups -OCH3 is 1. The summed E-state index contributed by atoms with van der Waals surface area (Å²) in [6.07, 6.45) is 0.815. The lowest BCUT2D eigenvalue weighted by Crippen LogP contribution is -2.43. The standard InChI is InChI=1S/C11H24N2O3/c1-9(2)10(8-14)13-7-11(15)12-5-4-6-16-3/h9-10,13-14H,4-8H2,1-3H3,(H,12,15)/t10-/m1/s1. The maximum atomic E-state index is 11.4. The van der Waals surface area contributed by atoms with E-state index in [9.17, 15) is 4.79 Å². The minimum Gasteiger partial charge on any atom is -0.395 e. The van der Waals surface area contributed by atoms with E-state index in [1.165, 1.54) is 0 Å². The van der Waals surface area contributed by atoms with Crippen molar-refractivity contribution < 1.29 is 14.6 Å². The van der Waals surface area contributed by atoms with Gasteiger partial charge in [-0.25, -0.2) is 0 Å². The molecule has 5 nitrogen and oxygen atoms in total. The maximum absolute atomic E-state index is 11.4. The van der Waals surface area contributed by atoms with Gasteiger partial charge in [-0.2, -0.15) is 0 Å². The SMILES string of the molecule is COCCCNC(=O)CN[C@H](CO)C(C)C. The highest BCUT2D eigenvalue weighted by atomic mass is 16.5. The number of ether oxygens (including phenoxy) is 1. The fraction of sp³-hybridized carbons (Fsp3) is 0.909. The smallest absolute Gasteiger partial charge is 0.233 e. The first kappa shape index (κ1) is 15.3. The van der Waals surface area contributed by atoms with Crippen LogP contribution in [0.1, 0.15) is 20.3 Å². The van der Waals surface area contributed by atoms with Crippen molar-refractivity contribution in [3.8, 4) is 0 Å². The molecule has 5 heteroatoms. The molecule has 0 aliphatic carbocycles. The van der Waals surface area contributed by atoms with Crippen LogP contribution in [0.4, 0.5) is 0 Å². The molecule has 0 aromatic rings. The van der Waals surface area contributed by atoms with E-state index < -0.39 is 0 Å². The molecule has 96 valence electrons. The second-order valence-electron chi connectivity index (χ2n) is 4.11. The first-order valence-corrected chi connectivity index (χ1v) is 5.71. The van der Waals surface area contributed by atoms with Crippen molar-refractivity contribution >= 4 is 5.91 Å². The first-order chi connectivity index (χ1) is 7.61. The van der Waals surface area contributed by atoms with Gasteiger partial charge in [0.1, 0.15) is 0 Å². The number of amides is 1. The molecule has 0 aliphatic heterocycles. The van der Waals surface area contributed by atoms with E-state index in [2.05, 4.69) is 10.6 Å². The Labute approximate surface area is 97.6 Å². The summed E-state index contributed by atoms with van der Waals surface area (Å²) in [5, 5.41) is 14.8. The summed E-state index contributed by atoms with van der Waals surface area (Å²) >= 11 is 0. The van der Waals surface area contributed by atoms with Crippen LogP contribution in [-0.4, -0.2) is 50.5 Å². The lowest BCUT2D eigenvalue weighted by Gasteiger charge is -2.19. The summed E-state index contributed by atoms with van der Waals surface area (Å²) in [7, 11) is 1.64. The predicted octanol–water partition coefficient (Wildman–Crippen LogP) is -0.254. The van der Waals surface area contributed by atoms with Crippen molar-refractivity contribution in [1.82, 2.24) is 10.6 Å². The third-order valence-corrected chi connectivity index (χ3v) is 2.37. The number of nitrogens with one attached hydrogen (secondary N) is 2. The molecule has 0 aromatic carbocycles. The molecule has 0 heterocycles. The molecular weight excluding hydrogens is 208 g/mol. The van der Waals surface area contributed by atoms with Crippen LogP contribution < -0.4 is 10.6 Å². The second-order valence-corrected chi connectivity index (χ2v) is 4.11. The number of hydrogen-bond acceptors (Lipinski definition) is 4. The van der Waals surface area contributed by atoms with Crippen LogP contribution in [0, 0.1) is 5.92 Å². The minimum atomic E-state index is -0.0461. The van der Waals surface area contributed by atoms with Crippen molar-refractivity contribution in [3.63, 3.8) is 0 Å². The van der Waals surface area contributed by atoms with Crippen molar-refractivity contribution in [2.75, 3.05) is 33.4 Å². The fourth-order valence-electron chi connectivity index (χ4n) is 1.24. The van der Waals surface area contributed by atoms with E-state index >= 15 is 0 Å². The van der Waals surface area contributed by atoms with Crippen LogP contribution in [0.2, 0.25) is 0 Å². The average Bonchev–Trinajstić information content (AvgIpc) is 2.25. The summed E-state index contributed by atoms with van der Waals surface area (Å²) in [6.45, 7) is 5.58. The van der Waals surface area contributed by atoms with Gasteiger partial charge in [-0.1, -0.05) is 13.8 Å². The van der Waals surface area contributed by atoms with Crippen LogP contribution in [0.5, 0.6) is 0 Å². The molecule has 16 heavy (non-hydrogen) atoms. The van der Waals surface area contributed by atoms with Crippen molar-refractivity contribution in [2.45, 2.75) is 26.3 Å². The minimum absolute atomic E-state index is 0.0234. The first-order valence-electron chi connectivity index (χ1n) is 5.71. The molecule has 0 rings (SSSR count). The van der Waals surface area contributed by atoms with E-state index in [0.717, 1.165) is 6.42 Å². The van der Waals surface area contributed by atoms with Gasteiger partial charge in [-0.15, -0.1) is 0 Å². The van der Waals surface area contributed by atoms with E-state index in [0.29, 0.717) is 19.1 Å². The Morgan fingerprint density at radius 1 is 1.44 bits per heavy atom. The van der Waals surface area contributed by atoms with Gasteiger partial charge < -0.3 is 20.5 Å². The molecule has 1 amide bonds. The van der Waals surface area contributed by atoms with E-state index in [1.807, 2.05) is 13.8 Å². The molecule has 0 bridgehead atoms. The fourth-order valence-corrected chi connectivity index (χ4v) is 1.24. The van der Waals surface area contributed by atoms with Gasteiger partial charge in [0.05, 0.1) is 13.2 Å². The summed E-state index contributed by atoms with van der Waals surface area (Å²) in [4.78, 5) is 11.4. The highest BCUT2D eigenvalue weighted by Gasteiger charge is 2.12. The van der Waals surface area contributed by atoms with Gasteiger partial charge in [0.15, 0.2) is 0 Å². The lowest BCUT2D eigenvalue weighted by atomic mass is 10.1. The highest BCUT2D eigenvalue weighted by Crippen LogP contribution is 1.99. The largest absolute Gasteiger partial charge is 0.395 e. The Kier molecular flexibility index (Phi) is 9.18. The second kappa shape index (κ2) is 9.57. The van der Waals surface area contributed by atoms with Crippen LogP contribution in [0.25, 0.3) is 0 Å². The normalized spacial score (nSPS) is 12.8. The molecule has 0 aliphatic rings. The van der Waals surface area contributed by atoms with Gasteiger partial charge >= 0.3 is 0 Å². The zero-order valence-electron chi connectivity index (χ0n) is 10.5. The lowest BCUT2D eigenvalue weighted by molar-refractivity contribution is -0.120. The Morgan fingerprint density at radius 2 is 2.12 bits per heavy atom. The number of carbonyl (C=O) groups excluding carboxylic acids is 1. The Bertz CT molecular complexity index is 186. The summed E-state index contributed by atoms with van der Waals surface area (Å²) in [5.74, 6) is 0.265. The highest BCUT2D eigenvalue weighted by molar-refractivity contribution is 5.77. The molecule has 0 unspecified atom stereocenters. The molecular formula is C11H24N2O3. The molecule has 1 atom stereocenters. The van der Waals surface area contributed by atoms with Crippen LogP contribution in [0.3, 0.4) is 0 Å². The number of aliphatic hydroxyl groups excluding tert-OH is 1. The van der Waals surface area contributed by atoms with Crippen LogP contribution in [0.15, 0.2) is 0 Å². The molecule has 0 spiro atoms. The third-order valence-electron chi connectivity index (χ3n) is 2.37. The number of hydrogen-bond donors (Lipinski definition) is 3. The zero-order chi connectivity index (χ0) is 12.4. The molecule has 0 radical (unpaired) electrons. The third kappa shape index (κ3) is 7.62. The van der Waals surface area contributed by atoms with E-state index in [4.69, 9.17) is 9.84 Å². The van der Waals surface area contributed by atoms with Crippen LogP contribution in [-0.2, 0) is 9.53 Å². The summed E-state index contributed by atoms with van der Waals surface area (Å²) < 4.78 is 4.87. The van der Waals surface area contributed by atoms with E-state index in [-0.39, 0.29) is 25.1 Å².